The van der Waals surface area contributed by atoms with Crippen molar-refractivity contribution in [3.63, 3.8) is 0 Å². The average Bonchev–Trinajstić information content (AvgIpc) is 2.99. The Bertz CT molecular complexity index is 784. The first-order valence-corrected chi connectivity index (χ1v) is 7.84. The molecule has 1 aliphatic rings. The van der Waals surface area contributed by atoms with E-state index in [9.17, 15) is 0 Å². The summed E-state index contributed by atoms with van der Waals surface area (Å²) < 4.78 is 1.89. The van der Waals surface area contributed by atoms with Crippen LogP contribution in [0.1, 0.15) is 36.7 Å². The zero-order valence-electron chi connectivity index (χ0n) is 12.7. The third kappa shape index (κ3) is 2.37. The third-order valence-corrected chi connectivity index (χ3v) is 4.26. The molecule has 0 bridgehead atoms. The molecule has 1 aliphatic heterocycles. The molecule has 0 spiro atoms. The predicted octanol–water partition coefficient (Wildman–Crippen LogP) is 2.91. The van der Waals surface area contributed by atoms with Crippen LogP contribution in [0.25, 0.3) is 16.9 Å². The molecular formula is C17H19N5. The monoisotopic (exact) mass is 293 g/mol. The first-order chi connectivity index (χ1) is 10.8. The second-order valence-electron chi connectivity index (χ2n) is 5.92. The maximum atomic E-state index is 4.76. The summed E-state index contributed by atoms with van der Waals surface area (Å²) in [6.07, 6.45) is 3.55. The van der Waals surface area contributed by atoms with Crippen LogP contribution >= 0.6 is 0 Å². The molecule has 5 heteroatoms. The Hall–Kier alpha value is -2.27. The highest BCUT2D eigenvalue weighted by atomic mass is 15.4. The van der Waals surface area contributed by atoms with E-state index in [-0.39, 0.29) is 6.04 Å². The van der Waals surface area contributed by atoms with Crippen molar-refractivity contribution in [3.05, 3.63) is 47.8 Å². The molecule has 2 aromatic heterocycles. The zero-order chi connectivity index (χ0) is 14.9. The lowest BCUT2D eigenvalue weighted by molar-refractivity contribution is 0.392. The molecule has 4 rings (SSSR count). The van der Waals surface area contributed by atoms with Gasteiger partial charge in [0, 0.05) is 5.56 Å². The van der Waals surface area contributed by atoms with Crippen LogP contribution in [0.4, 0.5) is 0 Å². The highest BCUT2D eigenvalue weighted by molar-refractivity contribution is 5.60. The molecule has 1 saturated heterocycles. The largest absolute Gasteiger partial charge is 0.307 e. The molecule has 0 radical (unpaired) electrons. The third-order valence-electron chi connectivity index (χ3n) is 4.26. The molecule has 1 atom stereocenters. The number of nitrogens with zero attached hydrogens (tertiary/aromatic N) is 4. The van der Waals surface area contributed by atoms with E-state index in [1.54, 1.807) is 0 Å². The van der Waals surface area contributed by atoms with Gasteiger partial charge in [0.15, 0.2) is 11.5 Å². The molecule has 1 fully saturated rings. The number of aromatic nitrogens is 4. The van der Waals surface area contributed by atoms with Gasteiger partial charge in [0.2, 0.25) is 0 Å². The summed E-state index contributed by atoms with van der Waals surface area (Å²) in [5.41, 5.74) is 4.12. The van der Waals surface area contributed by atoms with Gasteiger partial charge in [-0.1, -0.05) is 36.2 Å². The van der Waals surface area contributed by atoms with Crippen molar-refractivity contribution in [2.45, 2.75) is 32.2 Å². The standard InChI is InChI=1S/C17H19N5/c1-12-5-7-13(8-6-12)14-9-10-16-19-20-17(22(16)21-14)15-4-2-3-11-18-15/h5-10,15,18H,2-4,11H2,1H3. The molecule has 3 aromatic rings. The smallest absolute Gasteiger partial charge is 0.178 e. The molecular weight excluding hydrogens is 274 g/mol. The Balaban J connectivity index is 1.77. The highest BCUT2D eigenvalue weighted by Gasteiger charge is 2.21. The van der Waals surface area contributed by atoms with E-state index in [1.807, 2.05) is 16.6 Å². The summed E-state index contributed by atoms with van der Waals surface area (Å²) >= 11 is 0. The normalized spacial score (nSPS) is 18.7. The van der Waals surface area contributed by atoms with Crippen molar-refractivity contribution in [1.82, 2.24) is 25.1 Å². The van der Waals surface area contributed by atoms with Crippen molar-refractivity contribution in [3.8, 4) is 11.3 Å². The van der Waals surface area contributed by atoms with Crippen molar-refractivity contribution < 1.29 is 0 Å². The van der Waals surface area contributed by atoms with Crippen LogP contribution < -0.4 is 5.32 Å². The Labute approximate surface area is 129 Å². The molecule has 1 N–H and O–H groups in total. The lowest BCUT2D eigenvalue weighted by atomic mass is 10.0. The van der Waals surface area contributed by atoms with Crippen LogP contribution in [0.3, 0.4) is 0 Å². The van der Waals surface area contributed by atoms with Crippen molar-refractivity contribution in [1.29, 1.82) is 0 Å². The quantitative estimate of drug-likeness (QED) is 0.789. The molecule has 112 valence electrons. The van der Waals surface area contributed by atoms with Crippen molar-refractivity contribution >= 4 is 5.65 Å². The van der Waals surface area contributed by atoms with E-state index in [4.69, 9.17) is 5.10 Å². The lowest BCUT2D eigenvalue weighted by Crippen LogP contribution is -2.28. The van der Waals surface area contributed by atoms with Gasteiger partial charge in [-0.2, -0.15) is 9.61 Å². The molecule has 1 unspecified atom stereocenters. The van der Waals surface area contributed by atoms with E-state index in [2.05, 4.69) is 46.7 Å². The number of nitrogens with one attached hydrogen (secondary N) is 1. The molecule has 5 nitrogen and oxygen atoms in total. The minimum atomic E-state index is 0.254. The van der Waals surface area contributed by atoms with Gasteiger partial charge in [0.05, 0.1) is 11.7 Å². The number of fused-ring (bicyclic) bond motifs is 1. The van der Waals surface area contributed by atoms with Gasteiger partial charge in [-0.15, -0.1) is 10.2 Å². The summed E-state index contributed by atoms with van der Waals surface area (Å²) in [7, 11) is 0. The van der Waals surface area contributed by atoms with Crippen molar-refractivity contribution in [2.24, 2.45) is 0 Å². The Morgan fingerprint density at radius 2 is 1.91 bits per heavy atom. The topological polar surface area (TPSA) is 55.1 Å². The second kappa shape index (κ2) is 5.50. The number of aryl methyl sites for hydroxylation is 1. The van der Waals surface area contributed by atoms with Gasteiger partial charge in [0.1, 0.15) is 0 Å². The van der Waals surface area contributed by atoms with Gasteiger partial charge in [-0.05, 0) is 38.4 Å². The van der Waals surface area contributed by atoms with Crippen molar-refractivity contribution in [2.75, 3.05) is 6.54 Å². The lowest BCUT2D eigenvalue weighted by Gasteiger charge is -2.21. The first kappa shape index (κ1) is 13.4. The Kier molecular flexibility index (Phi) is 3.35. The van der Waals surface area contributed by atoms with E-state index < -0.39 is 0 Å². The summed E-state index contributed by atoms with van der Waals surface area (Å²) in [4.78, 5) is 0. The predicted molar refractivity (Wildman–Crippen MR) is 85.5 cm³/mol. The maximum absolute atomic E-state index is 4.76. The van der Waals surface area contributed by atoms with Gasteiger partial charge in [0.25, 0.3) is 0 Å². The van der Waals surface area contributed by atoms with E-state index in [0.717, 1.165) is 35.7 Å². The fourth-order valence-electron chi connectivity index (χ4n) is 2.97. The minimum absolute atomic E-state index is 0.254. The molecule has 22 heavy (non-hydrogen) atoms. The zero-order valence-corrected chi connectivity index (χ0v) is 12.7. The van der Waals surface area contributed by atoms with E-state index in [1.165, 1.54) is 18.4 Å². The molecule has 1 aromatic carbocycles. The number of benzene rings is 1. The number of hydrogen-bond donors (Lipinski definition) is 1. The van der Waals surface area contributed by atoms with Gasteiger partial charge in [-0.3, -0.25) is 0 Å². The summed E-state index contributed by atoms with van der Waals surface area (Å²) in [5, 5.41) is 16.9. The van der Waals surface area contributed by atoms with Crippen LogP contribution in [0.5, 0.6) is 0 Å². The summed E-state index contributed by atoms with van der Waals surface area (Å²) in [6.45, 7) is 3.13. The SMILES string of the molecule is Cc1ccc(-c2ccc3nnc(C4CCCCN4)n3n2)cc1. The van der Waals surface area contributed by atoms with Gasteiger partial charge in [-0.25, -0.2) is 0 Å². The summed E-state index contributed by atoms with van der Waals surface area (Å²) in [6, 6.07) is 12.7. The number of rotatable bonds is 2. The van der Waals surface area contributed by atoms with E-state index >= 15 is 0 Å². The van der Waals surface area contributed by atoms with Crippen LogP contribution in [-0.4, -0.2) is 26.4 Å². The summed E-state index contributed by atoms with van der Waals surface area (Å²) in [5.74, 6) is 0.920. The number of piperidine rings is 1. The van der Waals surface area contributed by atoms with Crippen LogP contribution in [0.2, 0.25) is 0 Å². The molecule has 0 saturated carbocycles. The van der Waals surface area contributed by atoms with E-state index in [0.29, 0.717) is 0 Å². The fraction of sp³-hybridized carbons (Fsp3) is 0.353. The Morgan fingerprint density at radius 3 is 2.68 bits per heavy atom. The van der Waals surface area contributed by atoms with Gasteiger partial charge >= 0.3 is 0 Å². The van der Waals surface area contributed by atoms with Crippen LogP contribution in [0, 0.1) is 6.92 Å². The fourth-order valence-corrected chi connectivity index (χ4v) is 2.97. The minimum Gasteiger partial charge on any atom is -0.307 e. The van der Waals surface area contributed by atoms with Crippen LogP contribution in [-0.2, 0) is 0 Å². The average molecular weight is 293 g/mol. The number of hydrogen-bond acceptors (Lipinski definition) is 4. The highest BCUT2D eigenvalue weighted by Crippen LogP contribution is 2.23. The van der Waals surface area contributed by atoms with Crippen LogP contribution in [0.15, 0.2) is 36.4 Å². The first-order valence-electron chi connectivity index (χ1n) is 7.84. The molecule has 3 heterocycles. The Morgan fingerprint density at radius 1 is 1.05 bits per heavy atom. The molecule has 0 aliphatic carbocycles. The van der Waals surface area contributed by atoms with Gasteiger partial charge < -0.3 is 5.32 Å². The molecule has 0 amide bonds. The second-order valence-corrected chi connectivity index (χ2v) is 5.92. The maximum Gasteiger partial charge on any atom is 0.178 e.